The van der Waals surface area contributed by atoms with Crippen LogP contribution in [-0.2, 0) is 11.3 Å². The average molecular weight is 235 g/mol. The van der Waals surface area contributed by atoms with Gasteiger partial charge in [-0.3, -0.25) is 4.79 Å². The Kier molecular flexibility index (Phi) is 5.16. The minimum Gasteiger partial charge on any atom is -0.481 e. The third-order valence-corrected chi connectivity index (χ3v) is 3.05. The van der Waals surface area contributed by atoms with Crippen LogP contribution in [0.25, 0.3) is 0 Å². The van der Waals surface area contributed by atoms with Crippen LogP contribution >= 0.6 is 0 Å². The van der Waals surface area contributed by atoms with Crippen LogP contribution in [0.3, 0.4) is 0 Å². The van der Waals surface area contributed by atoms with Crippen molar-refractivity contribution in [2.24, 2.45) is 5.92 Å². The number of carbonyl (C=O) groups is 1. The standard InChI is InChI=1S/C14H21NO2/c1-4-12(14(16)17)8-15-9-13-6-5-10(2)7-11(13)3/h5-7,12,15H,4,8-9H2,1-3H3,(H,16,17). The van der Waals surface area contributed by atoms with E-state index in [2.05, 4.69) is 37.4 Å². The number of carboxylic acid groups (broad SMARTS) is 1. The van der Waals surface area contributed by atoms with E-state index in [1.54, 1.807) is 0 Å². The Morgan fingerprint density at radius 3 is 2.65 bits per heavy atom. The molecule has 1 atom stereocenters. The van der Waals surface area contributed by atoms with Crippen molar-refractivity contribution in [1.29, 1.82) is 0 Å². The van der Waals surface area contributed by atoms with Crippen LogP contribution in [0, 0.1) is 19.8 Å². The average Bonchev–Trinajstić information content (AvgIpc) is 2.26. The Morgan fingerprint density at radius 1 is 1.41 bits per heavy atom. The van der Waals surface area contributed by atoms with E-state index in [-0.39, 0.29) is 5.92 Å². The molecule has 0 fully saturated rings. The first-order valence-electron chi connectivity index (χ1n) is 6.04. The third-order valence-electron chi connectivity index (χ3n) is 3.05. The van der Waals surface area contributed by atoms with E-state index in [4.69, 9.17) is 5.11 Å². The molecule has 1 rings (SSSR count). The smallest absolute Gasteiger partial charge is 0.307 e. The molecule has 0 aliphatic heterocycles. The Balaban J connectivity index is 2.48. The molecule has 1 unspecified atom stereocenters. The quantitative estimate of drug-likeness (QED) is 0.796. The summed E-state index contributed by atoms with van der Waals surface area (Å²) < 4.78 is 0. The number of nitrogens with one attached hydrogen (secondary N) is 1. The Morgan fingerprint density at radius 2 is 2.12 bits per heavy atom. The molecule has 0 bridgehead atoms. The van der Waals surface area contributed by atoms with Crippen molar-refractivity contribution in [1.82, 2.24) is 5.32 Å². The van der Waals surface area contributed by atoms with Gasteiger partial charge in [-0.2, -0.15) is 0 Å². The molecular weight excluding hydrogens is 214 g/mol. The lowest BCUT2D eigenvalue weighted by Gasteiger charge is -2.12. The van der Waals surface area contributed by atoms with E-state index in [9.17, 15) is 4.79 Å². The first-order chi connectivity index (χ1) is 8.04. The van der Waals surface area contributed by atoms with Crippen molar-refractivity contribution in [3.63, 3.8) is 0 Å². The number of aryl methyl sites for hydroxylation is 2. The summed E-state index contributed by atoms with van der Waals surface area (Å²) >= 11 is 0. The van der Waals surface area contributed by atoms with Crippen LogP contribution < -0.4 is 5.32 Å². The van der Waals surface area contributed by atoms with E-state index in [1.165, 1.54) is 16.7 Å². The number of rotatable bonds is 6. The fourth-order valence-electron chi connectivity index (χ4n) is 1.83. The second-order valence-corrected chi connectivity index (χ2v) is 4.50. The molecule has 1 aromatic rings. The summed E-state index contributed by atoms with van der Waals surface area (Å²) in [6.07, 6.45) is 0.662. The van der Waals surface area contributed by atoms with Gasteiger partial charge in [-0.15, -0.1) is 0 Å². The van der Waals surface area contributed by atoms with Crippen LogP contribution in [0.15, 0.2) is 18.2 Å². The van der Waals surface area contributed by atoms with E-state index in [0.29, 0.717) is 13.0 Å². The molecule has 0 spiro atoms. The van der Waals surface area contributed by atoms with E-state index in [1.807, 2.05) is 6.92 Å². The van der Waals surface area contributed by atoms with Crippen LogP contribution in [0.1, 0.15) is 30.0 Å². The van der Waals surface area contributed by atoms with Gasteiger partial charge in [0.1, 0.15) is 0 Å². The lowest BCUT2D eigenvalue weighted by atomic mass is 10.0. The molecule has 2 N–H and O–H groups in total. The first kappa shape index (κ1) is 13.7. The van der Waals surface area contributed by atoms with Crippen molar-refractivity contribution >= 4 is 5.97 Å². The van der Waals surface area contributed by atoms with Gasteiger partial charge in [0, 0.05) is 13.1 Å². The molecule has 0 amide bonds. The van der Waals surface area contributed by atoms with Gasteiger partial charge < -0.3 is 10.4 Å². The maximum atomic E-state index is 10.8. The monoisotopic (exact) mass is 235 g/mol. The summed E-state index contributed by atoms with van der Waals surface area (Å²) in [6.45, 7) is 7.31. The van der Waals surface area contributed by atoms with Crippen molar-refractivity contribution in [3.05, 3.63) is 34.9 Å². The molecule has 0 saturated heterocycles. The number of aliphatic carboxylic acids is 1. The minimum atomic E-state index is -0.722. The summed E-state index contributed by atoms with van der Waals surface area (Å²) in [5, 5.41) is 12.1. The predicted molar refractivity (Wildman–Crippen MR) is 69.0 cm³/mol. The van der Waals surface area contributed by atoms with Gasteiger partial charge in [-0.25, -0.2) is 0 Å². The highest BCUT2D eigenvalue weighted by Crippen LogP contribution is 2.10. The van der Waals surface area contributed by atoms with Crippen molar-refractivity contribution in [3.8, 4) is 0 Å². The summed E-state index contributed by atoms with van der Waals surface area (Å²) in [6, 6.07) is 6.32. The highest BCUT2D eigenvalue weighted by atomic mass is 16.4. The minimum absolute atomic E-state index is 0.291. The first-order valence-corrected chi connectivity index (χ1v) is 6.04. The Bertz CT molecular complexity index is 388. The summed E-state index contributed by atoms with van der Waals surface area (Å²) in [5.41, 5.74) is 3.74. The lowest BCUT2D eigenvalue weighted by Crippen LogP contribution is -2.27. The zero-order chi connectivity index (χ0) is 12.8. The van der Waals surface area contributed by atoms with Gasteiger partial charge in [0.05, 0.1) is 5.92 Å². The topological polar surface area (TPSA) is 49.3 Å². The van der Waals surface area contributed by atoms with Gasteiger partial charge in [-0.1, -0.05) is 30.7 Å². The molecule has 0 aliphatic rings. The highest BCUT2D eigenvalue weighted by molar-refractivity contribution is 5.70. The second kappa shape index (κ2) is 6.40. The molecule has 3 nitrogen and oxygen atoms in total. The molecule has 94 valence electrons. The fourth-order valence-corrected chi connectivity index (χ4v) is 1.83. The van der Waals surface area contributed by atoms with Crippen LogP contribution in [0.2, 0.25) is 0 Å². The molecular formula is C14H21NO2. The Hall–Kier alpha value is -1.35. The maximum Gasteiger partial charge on any atom is 0.307 e. The van der Waals surface area contributed by atoms with Gasteiger partial charge in [0.25, 0.3) is 0 Å². The molecule has 1 aromatic carbocycles. The van der Waals surface area contributed by atoms with E-state index in [0.717, 1.165) is 6.54 Å². The number of hydrogen-bond acceptors (Lipinski definition) is 2. The maximum absolute atomic E-state index is 10.8. The summed E-state index contributed by atoms with van der Waals surface area (Å²) in [7, 11) is 0. The summed E-state index contributed by atoms with van der Waals surface area (Å²) in [5.74, 6) is -1.01. The molecule has 0 aliphatic carbocycles. The number of benzene rings is 1. The molecule has 17 heavy (non-hydrogen) atoms. The molecule has 0 aromatic heterocycles. The molecule has 0 radical (unpaired) electrons. The Labute approximate surface area is 103 Å². The van der Waals surface area contributed by atoms with Crippen LogP contribution in [0.4, 0.5) is 0 Å². The highest BCUT2D eigenvalue weighted by Gasteiger charge is 2.13. The SMILES string of the molecule is CCC(CNCc1ccc(C)cc1C)C(=O)O. The number of carboxylic acids is 1. The van der Waals surface area contributed by atoms with Gasteiger partial charge in [0.2, 0.25) is 0 Å². The normalized spacial score (nSPS) is 12.4. The lowest BCUT2D eigenvalue weighted by molar-refractivity contribution is -0.141. The largest absolute Gasteiger partial charge is 0.481 e. The van der Waals surface area contributed by atoms with Gasteiger partial charge in [-0.05, 0) is 31.4 Å². The zero-order valence-corrected chi connectivity index (χ0v) is 10.8. The van der Waals surface area contributed by atoms with Crippen LogP contribution in [-0.4, -0.2) is 17.6 Å². The van der Waals surface area contributed by atoms with Crippen molar-refractivity contribution < 1.29 is 9.90 Å². The van der Waals surface area contributed by atoms with Crippen molar-refractivity contribution in [2.75, 3.05) is 6.54 Å². The zero-order valence-electron chi connectivity index (χ0n) is 10.8. The van der Waals surface area contributed by atoms with Crippen molar-refractivity contribution in [2.45, 2.75) is 33.7 Å². The third kappa shape index (κ3) is 4.19. The summed E-state index contributed by atoms with van der Waals surface area (Å²) in [4.78, 5) is 10.8. The molecule has 0 heterocycles. The van der Waals surface area contributed by atoms with Gasteiger partial charge in [0.15, 0.2) is 0 Å². The van der Waals surface area contributed by atoms with Crippen LogP contribution in [0.5, 0.6) is 0 Å². The van der Waals surface area contributed by atoms with Gasteiger partial charge >= 0.3 is 5.97 Å². The second-order valence-electron chi connectivity index (χ2n) is 4.50. The fraction of sp³-hybridized carbons (Fsp3) is 0.500. The van der Waals surface area contributed by atoms with E-state index >= 15 is 0 Å². The molecule has 3 heteroatoms. The predicted octanol–water partition coefficient (Wildman–Crippen LogP) is 2.50. The van der Waals surface area contributed by atoms with E-state index < -0.39 is 5.97 Å². The number of hydrogen-bond donors (Lipinski definition) is 2. The molecule has 0 saturated carbocycles.